The Hall–Kier alpha value is -4.78. The number of nitrogens with one attached hydrogen (secondary N) is 1. The molecule has 1 aromatic carbocycles. The minimum absolute atomic E-state index is 0.250. The van der Waals surface area contributed by atoms with Crippen molar-refractivity contribution in [1.82, 2.24) is 23.4 Å². The van der Waals surface area contributed by atoms with Gasteiger partial charge in [0.25, 0.3) is 11.1 Å². The summed E-state index contributed by atoms with van der Waals surface area (Å²) in [6.45, 7) is 6.25. The van der Waals surface area contributed by atoms with E-state index in [4.69, 9.17) is 4.74 Å². The number of aliphatic hydroxyl groups is 1. The Balaban J connectivity index is 1.10. The molecule has 1 atom stereocenters. The van der Waals surface area contributed by atoms with Crippen LogP contribution in [0.5, 0.6) is 0 Å². The number of halogens is 1. The lowest BCUT2D eigenvalue weighted by Gasteiger charge is -2.47. The molecule has 1 unspecified atom stereocenters. The molecule has 2 aliphatic heterocycles. The molecule has 2 saturated heterocycles. The normalized spacial score (nSPS) is 18.3. The van der Waals surface area contributed by atoms with Crippen LogP contribution in [0, 0.1) is 5.82 Å². The van der Waals surface area contributed by atoms with Crippen molar-refractivity contribution >= 4 is 22.7 Å². The Morgan fingerprint density at radius 3 is 2.62 bits per heavy atom. The summed E-state index contributed by atoms with van der Waals surface area (Å²) in [6.07, 6.45) is 11.9. The van der Waals surface area contributed by atoms with Gasteiger partial charge in [0.05, 0.1) is 43.4 Å². The number of aromatic nitrogens is 4. The second-order valence-electron chi connectivity index (χ2n) is 13.7. The molecule has 2 N–H and O–H groups in total. The monoisotopic (exact) mass is 679 g/mol. The molecule has 0 saturated carbocycles. The first-order chi connectivity index (χ1) is 24.3. The van der Waals surface area contributed by atoms with Crippen LogP contribution in [0.1, 0.15) is 43.0 Å². The molecule has 3 aliphatic rings. The average Bonchev–Trinajstić information content (AvgIpc) is 3.49. The third-order valence-electron chi connectivity index (χ3n) is 10.7. The number of ether oxygens (including phenoxy) is 1. The van der Waals surface area contributed by atoms with Crippen LogP contribution in [0.4, 0.5) is 21.6 Å². The van der Waals surface area contributed by atoms with Gasteiger partial charge in [-0.1, -0.05) is 6.92 Å². The predicted octanol–water partition coefficient (Wildman–Crippen LogP) is 4.40. The summed E-state index contributed by atoms with van der Waals surface area (Å²) in [7, 11) is 1.62. The Morgan fingerprint density at radius 2 is 1.88 bits per heavy atom. The number of anilines is 3. The topological polar surface area (TPSA) is 109 Å². The van der Waals surface area contributed by atoms with Crippen LogP contribution in [-0.2, 0) is 31.2 Å². The number of fused-ring (bicyclic) bond motifs is 3. The van der Waals surface area contributed by atoms with Crippen molar-refractivity contribution in [2.45, 2.75) is 57.7 Å². The molecule has 1 aliphatic carbocycles. The van der Waals surface area contributed by atoms with E-state index in [1.54, 1.807) is 25.5 Å². The van der Waals surface area contributed by atoms with Crippen molar-refractivity contribution in [3.05, 3.63) is 105 Å². The van der Waals surface area contributed by atoms with Crippen molar-refractivity contribution in [2.24, 2.45) is 7.05 Å². The summed E-state index contributed by atoms with van der Waals surface area (Å²) in [6, 6.07) is 10.9. The highest BCUT2D eigenvalue weighted by molar-refractivity contribution is 5.75. The van der Waals surface area contributed by atoms with E-state index < -0.39 is 12.4 Å². The van der Waals surface area contributed by atoms with Crippen molar-refractivity contribution in [1.29, 1.82) is 0 Å². The van der Waals surface area contributed by atoms with Crippen LogP contribution >= 0.6 is 0 Å². The summed E-state index contributed by atoms with van der Waals surface area (Å²) in [5, 5.41) is 13.8. The van der Waals surface area contributed by atoms with E-state index in [9.17, 15) is 14.7 Å². The molecule has 50 heavy (non-hydrogen) atoms. The fraction of sp³-hybridized carbons (Fsp3) is 0.395. The van der Waals surface area contributed by atoms with Gasteiger partial charge < -0.3 is 29.0 Å². The molecule has 260 valence electrons. The molecule has 11 nitrogen and oxygen atoms in total. The van der Waals surface area contributed by atoms with Crippen LogP contribution in [0.2, 0.25) is 0 Å². The summed E-state index contributed by atoms with van der Waals surface area (Å²) in [4.78, 5) is 36.7. The SMILES string of the molecule is CCC1CN(C2COC2)CCN1c1ccc(Nc2cc(-c3cc(F)cc(-n4ccn5c6c(cc5c4=O)CCCC6)c3CO)cn(C)c2=O)nc1. The maximum Gasteiger partial charge on any atom is 0.279 e. The Labute approximate surface area is 289 Å². The van der Waals surface area contributed by atoms with Gasteiger partial charge in [-0.25, -0.2) is 9.37 Å². The van der Waals surface area contributed by atoms with E-state index in [0.29, 0.717) is 40.1 Å². The number of pyridine rings is 2. The van der Waals surface area contributed by atoms with Gasteiger partial charge in [-0.05, 0) is 79.6 Å². The lowest BCUT2D eigenvalue weighted by atomic mass is 9.98. The number of benzene rings is 1. The fourth-order valence-electron chi connectivity index (χ4n) is 7.88. The first-order valence-corrected chi connectivity index (χ1v) is 17.5. The Kier molecular flexibility index (Phi) is 8.54. The number of aryl methyl sites for hydroxylation is 3. The minimum Gasteiger partial charge on any atom is -0.392 e. The molecule has 0 amide bonds. The molecule has 6 heterocycles. The molecule has 2 fully saturated rings. The van der Waals surface area contributed by atoms with Crippen LogP contribution in [0.15, 0.2) is 70.8 Å². The zero-order valence-electron chi connectivity index (χ0n) is 28.4. The van der Waals surface area contributed by atoms with Gasteiger partial charge in [-0.3, -0.25) is 19.1 Å². The van der Waals surface area contributed by atoms with E-state index in [-0.39, 0.29) is 22.5 Å². The first kappa shape index (κ1) is 32.4. The zero-order chi connectivity index (χ0) is 34.5. The van der Waals surface area contributed by atoms with E-state index in [0.717, 1.165) is 76.3 Å². The Morgan fingerprint density at radius 1 is 1.04 bits per heavy atom. The molecule has 12 heteroatoms. The molecule has 5 aromatic rings. The second-order valence-corrected chi connectivity index (χ2v) is 13.7. The van der Waals surface area contributed by atoms with Gasteiger partial charge >= 0.3 is 0 Å². The van der Waals surface area contributed by atoms with E-state index in [1.165, 1.54) is 26.8 Å². The molecular formula is C38H42FN7O4. The quantitative estimate of drug-likeness (QED) is 0.249. The average molecular weight is 680 g/mol. The number of hydrogen-bond acceptors (Lipinski definition) is 8. The van der Waals surface area contributed by atoms with Crippen LogP contribution in [0.3, 0.4) is 0 Å². The molecular weight excluding hydrogens is 637 g/mol. The molecule has 0 spiro atoms. The number of piperazine rings is 1. The molecule has 4 aromatic heterocycles. The maximum absolute atomic E-state index is 15.4. The number of aliphatic hydroxyl groups excluding tert-OH is 1. The lowest BCUT2D eigenvalue weighted by molar-refractivity contribution is -0.0698. The highest BCUT2D eigenvalue weighted by Gasteiger charge is 2.33. The highest BCUT2D eigenvalue weighted by Crippen LogP contribution is 2.32. The lowest BCUT2D eigenvalue weighted by Crippen LogP contribution is -2.60. The van der Waals surface area contributed by atoms with Gasteiger partial charge in [0.1, 0.15) is 22.8 Å². The largest absolute Gasteiger partial charge is 0.392 e. The van der Waals surface area contributed by atoms with Crippen LogP contribution in [-0.4, -0.2) is 73.5 Å². The number of hydrogen-bond donors (Lipinski definition) is 2. The molecule has 8 rings (SSSR count). The fourth-order valence-corrected chi connectivity index (χ4v) is 7.88. The third kappa shape index (κ3) is 5.70. The third-order valence-corrected chi connectivity index (χ3v) is 10.7. The van der Waals surface area contributed by atoms with Crippen molar-refractivity contribution in [3.8, 4) is 16.8 Å². The van der Waals surface area contributed by atoms with E-state index in [1.807, 2.05) is 35.0 Å². The highest BCUT2D eigenvalue weighted by atomic mass is 19.1. The summed E-state index contributed by atoms with van der Waals surface area (Å²) >= 11 is 0. The standard InChI is InChI=1S/C38H42FN7O4/c1-3-27-20-43(29-22-50-23-29)10-11-44(27)28-8-9-36(40-18-28)41-32-14-25(19-42(2)37(32)48)30-16-26(39)17-34(31(30)21-47)46-13-12-45-33-7-5-4-6-24(33)15-35(45)38(46)49/h8-9,12-19,27,29,47H,3-7,10-11,20-23H2,1-2H3,(H,40,41). The molecule has 0 radical (unpaired) electrons. The minimum atomic E-state index is -0.568. The number of nitrogens with zero attached hydrogens (tertiary/aromatic N) is 6. The zero-order valence-corrected chi connectivity index (χ0v) is 28.4. The van der Waals surface area contributed by atoms with Gasteiger partial charge in [-0.15, -0.1) is 0 Å². The van der Waals surface area contributed by atoms with Gasteiger partial charge in [-0.2, -0.15) is 0 Å². The van der Waals surface area contributed by atoms with E-state index >= 15 is 4.39 Å². The predicted molar refractivity (Wildman–Crippen MR) is 191 cm³/mol. The van der Waals surface area contributed by atoms with Crippen molar-refractivity contribution in [3.63, 3.8) is 0 Å². The van der Waals surface area contributed by atoms with Gasteiger partial charge in [0, 0.05) is 68.1 Å². The maximum atomic E-state index is 15.4. The summed E-state index contributed by atoms with van der Waals surface area (Å²) < 4.78 is 25.6. The Bertz CT molecular complexity index is 2190. The summed E-state index contributed by atoms with van der Waals surface area (Å²) in [5.41, 5.74) is 5.06. The van der Waals surface area contributed by atoms with Gasteiger partial charge in [0.15, 0.2) is 0 Å². The van der Waals surface area contributed by atoms with E-state index in [2.05, 4.69) is 27.0 Å². The summed E-state index contributed by atoms with van der Waals surface area (Å²) in [5.74, 6) is -0.0696. The van der Waals surface area contributed by atoms with Crippen molar-refractivity contribution < 1.29 is 14.2 Å². The smallest absolute Gasteiger partial charge is 0.279 e. The van der Waals surface area contributed by atoms with Crippen molar-refractivity contribution in [2.75, 3.05) is 43.1 Å². The molecule has 0 bridgehead atoms. The second kappa shape index (κ2) is 13.2. The van der Waals surface area contributed by atoms with Crippen LogP contribution in [0.25, 0.3) is 22.3 Å². The van der Waals surface area contributed by atoms with Gasteiger partial charge in [0.2, 0.25) is 0 Å². The number of rotatable bonds is 8. The van der Waals surface area contributed by atoms with Crippen LogP contribution < -0.4 is 21.3 Å². The first-order valence-electron chi connectivity index (χ1n) is 17.5.